The van der Waals surface area contributed by atoms with Gasteiger partial charge in [-0.15, -0.1) is 0 Å². The van der Waals surface area contributed by atoms with Gasteiger partial charge in [0.25, 0.3) is 0 Å². The summed E-state index contributed by atoms with van der Waals surface area (Å²) >= 11 is 0. The molecule has 0 N–H and O–H groups in total. The molecule has 1 aliphatic rings. The molecule has 214 valence electrons. The van der Waals surface area contributed by atoms with E-state index < -0.39 is 8.32 Å². The van der Waals surface area contributed by atoms with Gasteiger partial charge in [0.15, 0.2) is 0 Å². The molecule has 0 spiro atoms. The molecule has 0 fully saturated rings. The van der Waals surface area contributed by atoms with E-state index >= 15 is 0 Å². The number of hydrogen-bond acceptors (Lipinski definition) is 2. The molecule has 37 heavy (non-hydrogen) atoms. The van der Waals surface area contributed by atoms with Gasteiger partial charge in [0.2, 0.25) is 8.32 Å². The molecular weight excluding hydrogens is 468 g/mol. The molecule has 0 saturated carbocycles. The zero-order chi connectivity index (χ0) is 28.0. The Kier molecular flexibility index (Phi) is 11.7. The highest BCUT2D eigenvalue weighted by Gasteiger charge is 2.40. The molecule has 1 heterocycles. The van der Waals surface area contributed by atoms with Gasteiger partial charge in [-0.3, -0.25) is 0 Å². The Morgan fingerprint density at radius 1 is 0.919 bits per heavy atom. The maximum Gasteiger partial charge on any atom is 0.250 e. The fourth-order valence-corrected chi connectivity index (χ4v) is 6.64. The van der Waals surface area contributed by atoms with Crippen LogP contribution in [-0.2, 0) is 6.42 Å². The van der Waals surface area contributed by atoms with E-state index in [1.807, 2.05) is 0 Å². The lowest BCUT2D eigenvalue weighted by atomic mass is 9.84. The van der Waals surface area contributed by atoms with E-state index in [1.165, 1.54) is 68.1 Å². The number of rotatable bonds is 14. The van der Waals surface area contributed by atoms with Crippen molar-refractivity contribution in [3.8, 4) is 11.5 Å². The predicted octanol–water partition coefficient (Wildman–Crippen LogP) is 11.2. The molecule has 0 aliphatic carbocycles. The zero-order valence-electron chi connectivity index (χ0n) is 26.9. The monoisotopic (exact) mass is 530 g/mol. The highest BCUT2D eigenvalue weighted by molar-refractivity contribution is 6.74. The van der Waals surface area contributed by atoms with Crippen molar-refractivity contribution in [2.45, 2.75) is 164 Å². The van der Waals surface area contributed by atoms with Crippen LogP contribution in [0.25, 0.3) is 0 Å². The summed E-state index contributed by atoms with van der Waals surface area (Å²) in [6, 6.07) is 2.24. The fraction of sp³-hybridized carbons (Fsp3) is 0.824. The molecule has 0 aromatic heterocycles. The van der Waals surface area contributed by atoms with Gasteiger partial charge in [-0.2, -0.15) is 0 Å². The Bertz CT molecular complexity index is 850. The number of aryl methyl sites for hydroxylation is 1. The molecule has 0 bridgehead atoms. The minimum Gasteiger partial charge on any atom is -0.543 e. The predicted molar refractivity (Wildman–Crippen MR) is 166 cm³/mol. The van der Waals surface area contributed by atoms with E-state index in [1.54, 1.807) is 0 Å². The summed E-state index contributed by atoms with van der Waals surface area (Å²) in [4.78, 5) is 0. The van der Waals surface area contributed by atoms with E-state index in [0.717, 1.165) is 48.5 Å². The fourth-order valence-electron chi connectivity index (χ4n) is 5.57. The molecule has 1 aromatic rings. The average molecular weight is 531 g/mol. The van der Waals surface area contributed by atoms with Crippen LogP contribution in [0.2, 0.25) is 18.1 Å². The SMILES string of the molecule is Cc1cc(O[Si](C)(C)C(C)(C)C)c(C)c2c1OC(C)(CCCC(C)CCCC(C)CCCC(C)C)CC2. The van der Waals surface area contributed by atoms with Crippen molar-refractivity contribution < 1.29 is 9.16 Å². The number of benzene rings is 1. The van der Waals surface area contributed by atoms with Crippen molar-refractivity contribution in [1.29, 1.82) is 0 Å². The second-order valence-electron chi connectivity index (χ2n) is 14.9. The van der Waals surface area contributed by atoms with Crippen molar-refractivity contribution >= 4 is 8.32 Å². The summed E-state index contributed by atoms with van der Waals surface area (Å²) in [6.45, 7) is 28.0. The van der Waals surface area contributed by atoms with Crippen molar-refractivity contribution in [2.75, 3.05) is 0 Å². The quantitative estimate of drug-likeness (QED) is 0.223. The smallest absolute Gasteiger partial charge is 0.250 e. The summed E-state index contributed by atoms with van der Waals surface area (Å²) in [5.41, 5.74) is 3.86. The van der Waals surface area contributed by atoms with Crippen LogP contribution < -0.4 is 9.16 Å². The third-order valence-electron chi connectivity index (χ3n) is 9.50. The summed E-state index contributed by atoms with van der Waals surface area (Å²) in [5.74, 6) is 4.77. The van der Waals surface area contributed by atoms with Gasteiger partial charge in [-0.25, -0.2) is 0 Å². The summed E-state index contributed by atoms with van der Waals surface area (Å²) < 4.78 is 13.5. The second kappa shape index (κ2) is 13.4. The van der Waals surface area contributed by atoms with E-state index in [2.05, 4.69) is 88.4 Å². The number of ether oxygens (including phenoxy) is 1. The van der Waals surface area contributed by atoms with E-state index in [0.29, 0.717) is 0 Å². The lowest BCUT2D eigenvalue weighted by molar-refractivity contribution is 0.0513. The van der Waals surface area contributed by atoms with Crippen LogP contribution in [0, 0.1) is 31.6 Å². The molecule has 2 rings (SSSR count). The van der Waals surface area contributed by atoms with Crippen LogP contribution in [0.3, 0.4) is 0 Å². The Balaban J connectivity index is 1.86. The molecule has 0 amide bonds. The Labute approximate surface area is 232 Å². The second-order valence-corrected chi connectivity index (χ2v) is 19.6. The third kappa shape index (κ3) is 9.62. The molecule has 1 aliphatic heterocycles. The molecule has 3 heteroatoms. The van der Waals surface area contributed by atoms with Crippen LogP contribution in [0.1, 0.15) is 136 Å². The summed E-state index contributed by atoms with van der Waals surface area (Å²) in [6.07, 6.45) is 14.3. The van der Waals surface area contributed by atoms with E-state index in [4.69, 9.17) is 9.16 Å². The first-order valence-electron chi connectivity index (χ1n) is 15.6. The molecule has 0 saturated heterocycles. The molecule has 3 atom stereocenters. The first kappa shape index (κ1) is 32.2. The molecular formula is C34H62O2Si. The van der Waals surface area contributed by atoms with Crippen LogP contribution in [0.4, 0.5) is 0 Å². The summed E-state index contributed by atoms with van der Waals surface area (Å²) in [7, 11) is -1.87. The Hall–Kier alpha value is -0.963. The third-order valence-corrected chi connectivity index (χ3v) is 13.8. The van der Waals surface area contributed by atoms with Crippen molar-refractivity contribution in [1.82, 2.24) is 0 Å². The van der Waals surface area contributed by atoms with E-state index in [9.17, 15) is 0 Å². The molecule has 0 radical (unpaired) electrons. The molecule has 1 aromatic carbocycles. The largest absolute Gasteiger partial charge is 0.543 e. The lowest BCUT2D eigenvalue weighted by Gasteiger charge is -2.40. The maximum atomic E-state index is 6.79. The number of hydrogen-bond donors (Lipinski definition) is 0. The Morgan fingerprint density at radius 2 is 1.46 bits per heavy atom. The molecule has 3 unspecified atom stereocenters. The van der Waals surface area contributed by atoms with Crippen LogP contribution in [0.5, 0.6) is 11.5 Å². The minimum atomic E-state index is -1.87. The van der Waals surface area contributed by atoms with Gasteiger partial charge in [-0.1, -0.05) is 93.4 Å². The first-order chi connectivity index (χ1) is 17.0. The average Bonchev–Trinajstić information content (AvgIpc) is 2.76. The van der Waals surface area contributed by atoms with Gasteiger partial charge >= 0.3 is 0 Å². The summed E-state index contributed by atoms with van der Waals surface area (Å²) in [5, 5.41) is 0.196. The van der Waals surface area contributed by atoms with Crippen molar-refractivity contribution in [2.24, 2.45) is 17.8 Å². The van der Waals surface area contributed by atoms with Gasteiger partial charge in [0, 0.05) is 5.56 Å². The zero-order valence-corrected chi connectivity index (χ0v) is 27.9. The normalized spacial score (nSPS) is 19.9. The lowest BCUT2D eigenvalue weighted by Crippen LogP contribution is -2.44. The Morgan fingerprint density at radius 3 is 2.00 bits per heavy atom. The van der Waals surface area contributed by atoms with Gasteiger partial charge in [0.05, 0.1) is 0 Å². The van der Waals surface area contributed by atoms with Crippen LogP contribution in [0.15, 0.2) is 6.07 Å². The van der Waals surface area contributed by atoms with Gasteiger partial charge in [-0.05, 0) is 99.5 Å². The topological polar surface area (TPSA) is 18.5 Å². The van der Waals surface area contributed by atoms with Gasteiger partial charge < -0.3 is 9.16 Å². The van der Waals surface area contributed by atoms with Crippen LogP contribution in [-0.4, -0.2) is 13.9 Å². The first-order valence-corrected chi connectivity index (χ1v) is 18.5. The standard InChI is InChI=1S/C34H62O2Si/c1-25(2)16-13-17-26(3)18-14-19-27(4)20-15-22-34(10)23-21-30-29(6)31(24-28(5)32(30)35-34)36-37(11,12)33(7,8)9/h24-27H,13-23H2,1-12H3. The van der Waals surface area contributed by atoms with Crippen molar-refractivity contribution in [3.63, 3.8) is 0 Å². The highest BCUT2D eigenvalue weighted by Crippen LogP contribution is 2.45. The van der Waals surface area contributed by atoms with Gasteiger partial charge in [0.1, 0.15) is 17.1 Å². The molecule has 2 nitrogen and oxygen atoms in total. The van der Waals surface area contributed by atoms with E-state index in [-0.39, 0.29) is 10.6 Å². The van der Waals surface area contributed by atoms with Crippen molar-refractivity contribution in [3.05, 3.63) is 22.8 Å². The highest BCUT2D eigenvalue weighted by atomic mass is 28.4. The number of fused-ring (bicyclic) bond motifs is 1. The minimum absolute atomic E-state index is 0.0450. The van der Waals surface area contributed by atoms with Crippen LogP contribution >= 0.6 is 0 Å². The maximum absolute atomic E-state index is 6.79.